The molecule has 100 valence electrons. The highest BCUT2D eigenvalue weighted by Gasteiger charge is 2.38. The van der Waals surface area contributed by atoms with Crippen molar-refractivity contribution >= 4 is 5.69 Å². The standard InChI is InChI=1S/C13H15F4N/c1-8-5-10(14)11(15)6-12(8)18-4-3-13(16,17)7-9(18)2/h5-6,9H,3-4,7H2,1-2H3. The van der Waals surface area contributed by atoms with Crippen molar-refractivity contribution in [3.63, 3.8) is 0 Å². The minimum absolute atomic E-state index is 0.153. The van der Waals surface area contributed by atoms with Crippen molar-refractivity contribution in [2.24, 2.45) is 0 Å². The van der Waals surface area contributed by atoms with E-state index in [4.69, 9.17) is 0 Å². The zero-order valence-corrected chi connectivity index (χ0v) is 10.3. The van der Waals surface area contributed by atoms with Crippen LogP contribution in [0.25, 0.3) is 0 Å². The summed E-state index contributed by atoms with van der Waals surface area (Å²) in [6.45, 7) is 3.48. The molecule has 1 heterocycles. The Morgan fingerprint density at radius 2 is 1.83 bits per heavy atom. The monoisotopic (exact) mass is 261 g/mol. The average molecular weight is 261 g/mol. The molecule has 0 amide bonds. The number of halogens is 4. The molecule has 1 nitrogen and oxygen atoms in total. The van der Waals surface area contributed by atoms with Gasteiger partial charge in [0.05, 0.1) is 0 Å². The van der Waals surface area contributed by atoms with E-state index in [1.807, 2.05) is 0 Å². The molecule has 1 saturated heterocycles. The first kappa shape index (κ1) is 13.2. The van der Waals surface area contributed by atoms with Crippen LogP contribution in [-0.4, -0.2) is 18.5 Å². The number of anilines is 1. The summed E-state index contributed by atoms with van der Waals surface area (Å²) in [4.78, 5) is 1.72. The van der Waals surface area contributed by atoms with E-state index in [2.05, 4.69) is 0 Å². The zero-order chi connectivity index (χ0) is 13.5. The predicted octanol–water partition coefficient (Wildman–Crippen LogP) is 3.90. The van der Waals surface area contributed by atoms with Crippen molar-refractivity contribution in [3.05, 3.63) is 29.3 Å². The number of alkyl halides is 2. The van der Waals surface area contributed by atoms with Gasteiger partial charge in [-0.2, -0.15) is 0 Å². The molecule has 0 aliphatic carbocycles. The number of hydrogen-bond acceptors (Lipinski definition) is 1. The Labute approximate surface area is 103 Å². The number of benzene rings is 1. The highest BCUT2D eigenvalue weighted by atomic mass is 19.3. The van der Waals surface area contributed by atoms with Crippen LogP contribution in [0.15, 0.2) is 12.1 Å². The molecule has 0 saturated carbocycles. The second-order valence-electron chi connectivity index (χ2n) is 4.91. The van der Waals surface area contributed by atoms with E-state index in [0.29, 0.717) is 11.3 Å². The summed E-state index contributed by atoms with van der Waals surface area (Å²) >= 11 is 0. The van der Waals surface area contributed by atoms with E-state index in [1.54, 1.807) is 18.7 Å². The molecule has 1 aliphatic heterocycles. The van der Waals surface area contributed by atoms with Gasteiger partial charge in [0.1, 0.15) is 0 Å². The van der Waals surface area contributed by atoms with Gasteiger partial charge in [-0.05, 0) is 25.5 Å². The van der Waals surface area contributed by atoms with Gasteiger partial charge in [0, 0.05) is 37.2 Å². The third kappa shape index (κ3) is 2.44. The second kappa shape index (κ2) is 4.44. The first-order valence-electron chi connectivity index (χ1n) is 5.90. The molecule has 0 spiro atoms. The molecule has 0 radical (unpaired) electrons. The summed E-state index contributed by atoms with van der Waals surface area (Å²) < 4.78 is 52.7. The molecule has 1 aromatic rings. The van der Waals surface area contributed by atoms with Crippen molar-refractivity contribution in [1.82, 2.24) is 0 Å². The van der Waals surface area contributed by atoms with E-state index in [9.17, 15) is 17.6 Å². The molecule has 18 heavy (non-hydrogen) atoms. The lowest BCUT2D eigenvalue weighted by Gasteiger charge is -2.39. The average Bonchev–Trinajstić information content (AvgIpc) is 2.23. The van der Waals surface area contributed by atoms with Crippen LogP contribution in [0.3, 0.4) is 0 Å². The first-order valence-corrected chi connectivity index (χ1v) is 5.90. The van der Waals surface area contributed by atoms with Crippen molar-refractivity contribution < 1.29 is 17.6 Å². The lowest BCUT2D eigenvalue weighted by Crippen LogP contribution is -2.45. The summed E-state index contributed by atoms with van der Waals surface area (Å²) in [5, 5.41) is 0. The van der Waals surface area contributed by atoms with Crippen LogP contribution in [0.5, 0.6) is 0 Å². The molecule has 1 atom stereocenters. The fraction of sp³-hybridized carbons (Fsp3) is 0.538. The number of hydrogen-bond donors (Lipinski definition) is 0. The quantitative estimate of drug-likeness (QED) is 0.693. The first-order chi connectivity index (χ1) is 8.30. The van der Waals surface area contributed by atoms with Crippen molar-refractivity contribution in [1.29, 1.82) is 0 Å². The summed E-state index contributed by atoms with van der Waals surface area (Å²) in [7, 11) is 0. The van der Waals surface area contributed by atoms with Gasteiger partial charge in [-0.3, -0.25) is 0 Å². The number of nitrogens with zero attached hydrogens (tertiary/aromatic N) is 1. The Morgan fingerprint density at radius 1 is 1.22 bits per heavy atom. The molecule has 1 unspecified atom stereocenters. The Balaban J connectivity index is 2.30. The number of piperidine rings is 1. The van der Waals surface area contributed by atoms with Crippen LogP contribution in [0.2, 0.25) is 0 Å². The van der Waals surface area contributed by atoms with Gasteiger partial charge < -0.3 is 4.90 Å². The van der Waals surface area contributed by atoms with Crippen molar-refractivity contribution in [2.75, 3.05) is 11.4 Å². The Kier molecular flexibility index (Phi) is 3.25. The normalized spacial score (nSPS) is 23.2. The van der Waals surface area contributed by atoms with E-state index in [1.165, 1.54) is 0 Å². The van der Waals surface area contributed by atoms with Gasteiger partial charge in [-0.15, -0.1) is 0 Å². The maximum atomic E-state index is 13.2. The predicted molar refractivity (Wildman–Crippen MR) is 62.1 cm³/mol. The Hall–Kier alpha value is -1.26. The summed E-state index contributed by atoms with van der Waals surface area (Å²) in [6.07, 6.45) is -0.513. The summed E-state index contributed by atoms with van der Waals surface area (Å²) in [5.74, 6) is -4.52. The van der Waals surface area contributed by atoms with Crippen LogP contribution >= 0.6 is 0 Å². The lowest BCUT2D eigenvalue weighted by molar-refractivity contribution is -0.0318. The largest absolute Gasteiger partial charge is 0.368 e. The van der Waals surface area contributed by atoms with Gasteiger partial charge in [-0.25, -0.2) is 17.6 Å². The summed E-state index contributed by atoms with van der Waals surface area (Å²) in [6, 6.07) is 1.80. The fourth-order valence-corrected chi connectivity index (χ4v) is 2.45. The van der Waals surface area contributed by atoms with Gasteiger partial charge in [0.2, 0.25) is 0 Å². The minimum Gasteiger partial charge on any atom is -0.368 e. The third-order valence-electron chi connectivity index (χ3n) is 3.39. The molecular weight excluding hydrogens is 246 g/mol. The van der Waals surface area contributed by atoms with Crippen LogP contribution in [0, 0.1) is 18.6 Å². The van der Waals surface area contributed by atoms with Crippen molar-refractivity contribution in [3.8, 4) is 0 Å². The third-order valence-corrected chi connectivity index (χ3v) is 3.39. The Morgan fingerprint density at radius 3 is 2.44 bits per heavy atom. The molecule has 1 fully saturated rings. The molecule has 1 aliphatic rings. The van der Waals surface area contributed by atoms with E-state index in [0.717, 1.165) is 12.1 Å². The molecule has 0 N–H and O–H groups in total. The maximum absolute atomic E-state index is 13.2. The minimum atomic E-state index is -2.66. The SMILES string of the molecule is Cc1cc(F)c(F)cc1N1CCC(F)(F)CC1C. The molecule has 5 heteroatoms. The number of rotatable bonds is 1. The molecule has 1 aromatic carbocycles. The van der Waals surface area contributed by atoms with Gasteiger partial charge >= 0.3 is 0 Å². The smallest absolute Gasteiger partial charge is 0.251 e. The van der Waals surface area contributed by atoms with E-state index < -0.39 is 23.6 Å². The maximum Gasteiger partial charge on any atom is 0.251 e. The van der Waals surface area contributed by atoms with Gasteiger partial charge in [-0.1, -0.05) is 0 Å². The second-order valence-corrected chi connectivity index (χ2v) is 4.91. The zero-order valence-electron chi connectivity index (χ0n) is 10.3. The van der Waals surface area contributed by atoms with E-state index in [-0.39, 0.29) is 19.4 Å². The molecule has 2 rings (SSSR count). The van der Waals surface area contributed by atoms with Crippen LogP contribution < -0.4 is 4.90 Å². The Bertz CT molecular complexity index is 459. The fourth-order valence-electron chi connectivity index (χ4n) is 2.45. The van der Waals surface area contributed by atoms with Gasteiger partial charge in [0.15, 0.2) is 11.6 Å². The topological polar surface area (TPSA) is 3.24 Å². The van der Waals surface area contributed by atoms with Crippen LogP contribution in [-0.2, 0) is 0 Å². The molecular formula is C13H15F4N. The van der Waals surface area contributed by atoms with Gasteiger partial charge in [0.25, 0.3) is 5.92 Å². The lowest BCUT2D eigenvalue weighted by atomic mass is 9.98. The van der Waals surface area contributed by atoms with Crippen molar-refractivity contribution in [2.45, 2.75) is 38.7 Å². The van der Waals surface area contributed by atoms with Crippen LogP contribution in [0.4, 0.5) is 23.2 Å². The summed E-state index contributed by atoms with van der Waals surface area (Å²) in [5.41, 5.74) is 1.06. The highest BCUT2D eigenvalue weighted by molar-refractivity contribution is 5.54. The highest BCUT2D eigenvalue weighted by Crippen LogP contribution is 2.36. The number of aryl methyl sites for hydroxylation is 1. The van der Waals surface area contributed by atoms with E-state index >= 15 is 0 Å². The molecule has 0 bridgehead atoms. The molecule has 0 aromatic heterocycles. The van der Waals surface area contributed by atoms with Crippen LogP contribution in [0.1, 0.15) is 25.3 Å².